The fraction of sp³-hybridized carbons (Fsp3) is 0.0952. The van der Waals surface area contributed by atoms with E-state index in [2.05, 4.69) is 19.9 Å². The van der Waals surface area contributed by atoms with Gasteiger partial charge in [0, 0.05) is 17.2 Å². The maximum Gasteiger partial charge on any atom is 0.337 e. The first-order valence-electron chi connectivity index (χ1n) is 9.25. The number of imidazole rings is 1. The lowest BCUT2D eigenvalue weighted by Crippen LogP contribution is -2.12. The molecule has 0 aliphatic rings. The van der Waals surface area contributed by atoms with Crippen LogP contribution in [-0.4, -0.2) is 51.1 Å². The minimum Gasteiger partial charge on any atom is -0.495 e. The van der Waals surface area contributed by atoms with Crippen molar-refractivity contribution in [2.45, 2.75) is 0 Å². The Morgan fingerprint density at radius 2 is 1.70 bits per heavy atom. The molecule has 2 aromatic carbocycles. The molecule has 0 fully saturated rings. The summed E-state index contributed by atoms with van der Waals surface area (Å²) in [5.74, 6) is -1.40. The second-order valence-corrected chi connectivity index (χ2v) is 7.47. The lowest BCUT2D eigenvalue weighted by atomic mass is 9.99. The molecule has 4 aromatic rings. The summed E-state index contributed by atoms with van der Waals surface area (Å²) in [5.41, 5.74) is 6.83. The number of carboxylic acid groups (broad SMARTS) is 1. The van der Waals surface area contributed by atoms with Gasteiger partial charge < -0.3 is 25.3 Å². The van der Waals surface area contributed by atoms with Crippen LogP contribution >= 0.6 is 23.2 Å². The highest BCUT2D eigenvalue weighted by molar-refractivity contribution is 6.41. The Bertz CT molecular complexity index is 1410. The van der Waals surface area contributed by atoms with Crippen LogP contribution in [0.3, 0.4) is 0 Å². The summed E-state index contributed by atoms with van der Waals surface area (Å²) in [6.07, 6.45) is 2.72. The number of carboxylic acids is 1. The first-order valence-corrected chi connectivity index (χ1v) is 10.0. The maximum absolute atomic E-state index is 11.8. The van der Waals surface area contributed by atoms with Crippen molar-refractivity contribution in [3.63, 3.8) is 0 Å². The van der Waals surface area contributed by atoms with Crippen LogP contribution in [0.2, 0.25) is 10.0 Å². The lowest BCUT2D eigenvalue weighted by Gasteiger charge is -2.16. The Kier molecular flexibility index (Phi) is 5.79. The molecule has 0 spiro atoms. The molecule has 0 bridgehead atoms. The lowest BCUT2D eigenvalue weighted by molar-refractivity contribution is 0.0698. The number of benzene rings is 2. The second kappa shape index (κ2) is 8.57. The standard InChI is InChI=1S/C21H15Cl2N5O5/c1-32-12-5-13(33-2)16(23)14(15(12)22)8-3-4-9(21(30)31)17-18(8)27-10(6-25-17)11-7-26-20(28-11)19(24)29/h3-7H,1-2H3,(H2,24,29)(H,26,28)(H,30,31). The van der Waals surface area contributed by atoms with E-state index in [1.807, 2.05) is 0 Å². The number of nitrogens with one attached hydrogen (secondary N) is 1. The van der Waals surface area contributed by atoms with Crippen LogP contribution in [0.5, 0.6) is 11.5 Å². The Hall–Kier alpha value is -3.89. The molecule has 4 N–H and O–H groups in total. The quantitative estimate of drug-likeness (QED) is 0.370. The van der Waals surface area contributed by atoms with Gasteiger partial charge in [0.15, 0.2) is 5.82 Å². The third-order valence-electron chi connectivity index (χ3n) is 4.86. The van der Waals surface area contributed by atoms with Crippen molar-refractivity contribution in [1.82, 2.24) is 19.9 Å². The summed E-state index contributed by atoms with van der Waals surface area (Å²) < 4.78 is 10.7. The third-order valence-corrected chi connectivity index (χ3v) is 5.61. The van der Waals surface area contributed by atoms with Crippen LogP contribution in [0.4, 0.5) is 0 Å². The molecule has 0 unspecified atom stereocenters. The van der Waals surface area contributed by atoms with Crippen molar-refractivity contribution in [2.75, 3.05) is 14.2 Å². The van der Waals surface area contributed by atoms with Gasteiger partial charge in [-0.05, 0) is 6.07 Å². The molecule has 2 aromatic heterocycles. The van der Waals surface area contributed by atoms with Crippen LogP contribution < -0.4 is 15.2 Å². The van der Waals surface area contributed by atoms with Crippen molar-refractivity contribution in [1.29, 1.82) is 0 Å². The van der Waals surface area contributed by atoms with Gasteiger partial charge in [-0.2, -0.15) is 0 Å². The van der Waals surface area contributed by atoms with Crippen molar-refractivity contribution in [3.8, 4) is 34.0 Å². The minimum absolute atomic E-state index is 0.0602. The molecule has 0 aliphatic carbocycles. The van der Waals surface area contributed by atoms with E-state index in [0.29, 0.717) is 28.3 Å². The summed E-state index contributed by atoms with van der Waals surface area (Å²) >= 11 is 13.2. The van der Waals surface area contributed by atoms with Gasteiger partial charge in [-0.1, -0.05) is 29.3 Å². The highest BCUT2D eigenvalue weighted by Gasteiger charge is 2.24. The molecule has 0 atom stereocenters. The van der Waals surface area contributed by atoms with Crippen LogP contribution in [0, 0.1) is 0 Å². The normalized spacial score (nSPS) is 10.9. The van der Waals surface area contributed by atoms with Gasteiger partial charge in [0.2, 0.25) is 0 Å². The van der Waals surface area contributed by atoms with E-state index in [9.17, 15) is 14.7 Å². The minimum atomic E-state index is -1.19. The predicted octanol–water partition coefficient (Wildman–Crippen LogP) is 3.81. The molecule has 2 heterocycles. The van der Waals surface area contributed by atoms with Gasteiger partial charge in [0.1, 0.15) is 22.7 Å². The number of nitrogens with two attached hydrogens (primary N) is 1. The summed E-state index contributed by atoms with van der Waals surface area (Å²) in [6.45, 7) is 0. The van der Waals surface area contributed by atoms with E-state index in [1.165, 1.54) is 44.8 Å². The number of halogens is 2. The fourth-order valence-corrected chi connectivity index (χ4v) is 4.01. The number of aromatic nitrogens is 4. The predicted molar refractivity (Wildman–Crippen MR) is 121 cm³/mol. The van der Waals surface area contributed by atoms with Crippen LogP contribution in [0.1, 0.15) is 21.0 Å². The van der Waals surface area contributed by atoms with E-state index in [4.69, 9.17) is 38.4 Å². The number of aromatic amines is 1. The third kappa shape index (κ3) is 3.79. The summed E-state index contributed by atoms with van der Waals surface area (Å²) in [5, 5.41) is 10.00. The van der Waals surface area contributed by atoms with E-state index >= 15 is 0 Å². The van der Waals surface area contributed by atoms with Crippen molar-refractivity contribution in [3.05, 3.63) is 52.0 Å². The van der Waals surface area contributed by atoms with E-state index in [0.717, 1.165) is 0 Å². The average molecular weight is 488 g/mol. The average Bonchev–Trinajstić information content (AvgIpc) is 3.29. The number of amides is 1. The number of rotatable bonds is 6. The van der Waals surface area contributed by atoms with Gasteiger partial charge in [0.25, 0.3) is 5.91 Å². The molecule has 10 nitrogen and oxygen atoms in total. The Balaban J connectivity index is 2.06. The number of primary amides is 1. The molecule has 1 amide bonds. The van der Waals surface area contributed by atoms with Gasteiger partial charge >= 0.3 is 5.97 Å². The van der Waals surface area contributed by atoms with Crippen LogP contribution in [0.15, 0.2) is 30.6 Å². The molecule has 168 valence electrons. The summed E-state index contributed by atoms with van der Waals surface area (Å²) in [7, 11) is 2.88. The number of hydrogen-bond donors (Lipinski definition) is 3. The first kappa shape index (κ1) is 22.3. The fourth-order valence-electron chi connectivity index (χ4n) is 3.30. The number of ether oxygens (including phenoxy) is 2. The number of fused-ring (bicyclic) bond motifs is 1. The Morgan fingerprint density at radius 3 is 2.24 bits per heavy atom. The summed E-state index contributed by atoms with van der Waals surface area (Å²) in [4.78, 5) is 38.7. The Labute approximate surface area is 196 Å². The molecule has 0 saturated carbocycles. The highest BCUT2D eigenvalue weighted by Crippen LogP contribution is 2.47. The number of methoxy groups -OCH3 is 2. The SMILES string of the molecule is COc1cc(OC)c(Cl)c(-c2ccc(C(=O)O)c3ncc(-c4cnc(C(N)=O)[nH]4)nc23)c1Cl. The van der Waals surface area contributed by atoms with Crippen molar-refractivity contribution in [2.24, 2.45) is 5.73 Å². The van der Waals surface area contributed by atoms with Gasteiger partial charge in [-0.3, -0.25) is 9.78 Å². The van der Waals surface area contributed by atoms with Gasteiger partial charge in [0.05, 0.1) is 53.4 Å². The van der Waals surface area contributed by atoms with Crippen LogP contribution in [-0.2, 0) is 0 Å². The maximum atomic E-state index is 11.8. The largest absolute Gasteiger partial charge is 0.495 e. The zero-order chi connectivity index (χ0) is 23.9. The molecule has 4 rings (SSSR count). The monoisotopic (exact) mass is 487 g/mol. The van der Waals surface area contributed by atoms with Crippen molar-refractivity contribution >= 4 is 46.1 Å². The van der Waals surface area contributed by atoms with Gasteiger partial charge in [-0.15, -0.1) is 0 Å². The Morgan fingerprint density at radius 1 is 1.03 bits per heavy atom. The molecule has 0 aliphatic heterocycles. The topological polar surface area (TPSA) is 153 Å². The smallest absolute Gasteiger partial charge is 0.337 e. The molecule has 33 heavy (non-hydrogen) atoms. The number of nitrogens with zero attached hydrogens (tertiary/aromatic N) is 3. The molecule has 0 radical (unpaired) electrons. The summed E-state index contributed by atoms with van der Waals surface area (Å²) in [6, 6.07) is 4.45. The van der Waals surface area contributed by atoms with E-state index in [-0.39, 0.29) is 38.2 Å². The molecule has 12 heteroatoms. The number of aromatic carboxylic acids is 1. The number of carbonyl (C=O) groups excluding carboxylic acids is 1. The van der Waals surface area contributed by atoms with E-state index in [1.54, 1.807) is 0 Å². The zero-order valence-electron chi connectivity index (χ0n) is 17.1. The number of carbonyl (C=O) groups is 2. The number of hydrogen-bond acceptors (Lipinski definition) is 7. The zero-order valence-corrected chi connectivity index (χ0v) is 18.7. The van der Waals surface area contributed by atoms with Gasteiger partial charge in [-0.25, -0.2) is 14.8 Å². The first-order chi connectivity index (χ1) is 15.8. The molecular formula is C21H15Cl2N5O5. The molecular weight excluding hydrogens is 473 g/mol. The highest BCUT2D eigenvalue weighted by atomic mass is 35.5. The van der Waals surface area contributed by atoms with Crippen LogP contribution in [0.25, 0.3) is 33.5 Å². The van der Waals surface area contributed by atoms with Crippen molar-refractivity contribution < 1.29 is 24.2 Å². The number of H-pyrrole nitrogens is 1. The molecule has 0 saturated heterocycles. The van der Waals surface area contributed by atoms with E-state index < -0.39 is 11.9 Å². The second-order valence-electron chi connectivity index (χ2n) is 6.71.